The van der Waals surface area contributed by atoms with Crippen molar-refractivity contribution in [3.63, 3.8) is 0 Å². The molecule has 0 aromatic carbocycles. The predicted octanol–water partition coefficient (Wildman–Crippen LogP) is 1.37. The minimum absolute atomic E-state index is 0.0203. The summed E-state index contributed by atoms with van der Waals surface area (Å²) in [6.45, 7) is 3.94. The Morgan fingerprint density at radius 2 is 2.06 bits per heavy atom. The van der Waals surface area contributed by atoms with E-state index in [4.69, 9.17) is 16.7 Å². The zero-order chi connectivity index (χ0) is 12.8. The van der Waals surface area contributed by atoms with Crippen molar-refractivity contribution in [2.24, 2.45) is 11.8 Å². The van der Waals surface area contributed by atoms with Crippen LogP contribution in [0.4, 0.5) is 4.79 Å². The molecule has 1 aliphatic heterocycles. The predicted molar refractivity (Wildman–Crippen MR) is 65.2 cm³/mol. The fourth-order valence-corrected chi connectivity index (χ4v) is 2.34. The Bertz CT molecular complexity index is 286. The van der Waals surface area contributed by atoms with Gasteiger partial charge in [-0.25, -0.2) is 4.79 Å². The van der Waals surface area contributed by atoms with Crippen LogP contribution in [-0.4, -0.2) is 47.5 Å². The number of likely N-dealkylation sites (tertiary alicyclic amines) is 1. The van der Waals surface area contributed by atoms with Gasteiger partial charge in [-0.1, -0.05) is 6.92 Å². The average molecular weight is 263 g/mol. The smallest absolute Gasteiger partial charge is 0.404 e. The molecule has 2 atom stereocenters. The van der Waals surface area contributed by atoms with E-state index in [-0.39, 0.29) is 11.8 Å². The number of amides is 2. The molecule has 5 nitrogen and oxygen atoms in total. The minimum Gasteiger partial charge on any atom is -0.465 e. The van der Waals surface area contributed by atoms with Crippen molar-refractivity contribution in [1.29, 1.82) is 0 Å². The summed E-state index contributed by atoms with van der Waals surface area (Å²) < 4.78 is 0. The molecule has 0 aromatic rings. The SMILES string of the molecule is CC1CCN(C(=O)CCl)CCC1CNC(=O)O. The van der Waals surface area contributed by atoms with E-state index in [1.165, 1.54) is 0 Å². The summed E-state index contributed by atoms with van der Waals surface area (Å²) in [6, 6.07) is 0. The average Bonchev–Trinajstić information content (AvgIpc) is 2.48. The first-order valence-corrected chi connectivity index (χ1v) is 6.38. The summed E-state index contributed by atoms with van der Waals surface area (Å²) in [4.78, 5) is 23.7. The van der Waals surface area contributed by atoms with Gasteiger partial charge in [0.25, 0.3) is 0 Å². The van der Waals surface area contributed by atoms with Crippen molar-refractivity contribution in [3.8, 4) is 0 Å². The number of nitrogens with one attached hydrogen (secondary N) is 1. The molecule has 1 heterocycles. The Kier molecular flexibility index (Phi) is 5.55. The third kappa shape index (κ3) is 4.42. The molecule has 1 rings (SSSR count). The fraction of sp³-hybridized carbons (Fsp3) is 0.818. The first-order chi connectivity index (χ1) is 8.04. The molecule has 2 unspecified atom stereocenters. The summed E-state index contributed by atoms with van der Waals surface area (Å²) in [7, 11) is 0. The molecular formula is C11H19ClN2O3. The largest absolute Gasteiger partial charge is 0.465 e. The molecule has 2 N–H and O–H groups in total. The molecule has 0 bridgehead atoms. The van der Waals surface area contributed by atoms with E-state index in [2.05, 4.69) is 12.2 Å². The number of hydrogen-bond donors (Lipinski definition) is 2. The van der Waals surface area contributed by atoms with E-state index >= 15 is 0 Å². The monoisotopic (exact) mass is 262 g/mol. The van der Waals surface area contributed by atoms with Gasteiger partial charge in [0.15, 0.2) is 0 Å². The Balaban J connectivity index is 2.48. The van der Waals surface area contributed by atoms with Crippen molar-refractivity contribution in [2.45, 2.75) is 19.8 Å². The third-order valence-electron chi connectivity index (χ3n) is 3.41. The molecule has 0 aliphatic carbocycles. The van der Waals surface area contributed by atoms with E-state index in [1.807, 2.05) is 0 Å². The van der Waals surface area contributed by atoms with Crippen LogP contribution in [0.3, 0.4) is 0 Å². The molecule has 2 amide bonds. The topological polar surface area (TPSA) is 69.6 Å². The van der Waals surface area contributed by atoms with Crippen molar-refractivity contribution >= 4 is 23.6 Å². The Morgan fingerprint density at radius 1 is 1.41 bits per heavy atom. The van der Waals surface area contributed by atoms with E-state index in [0.717, 1.165) is 19.4 Å². The standard InChI is InChI=1S/C11H19ClN2O3/c1-8-2-4-14(10(15)6-12)5-3-9(8)7-13-11(16)17/h8-9,13H,2-7H2,1H3,(H,16,17). The van der Waals surface area contributed by atoms with Gasteiger partial charge < -0.3 is 15.3 Å². The number of hydrogen-bond acceptors (Lipinski definition) is 2. The number of halogens is 1. The summed E-state index contributed by atoms with van der Waals surface area (Å²) in [5.41, 5.74) is 0. The Labute approximate surface area is 106 Å². The van der Waals surface area contributed by atoms with Crippen LogP contribution in [0.25, 0.3) is 0 Å². The first-order valence-electron chi connectivity index (χ1n) is 5.85. The highest BCUT2D eigenvalue weighted by Gasteiger charge is 2.25. The van der Waals surface area contributed by atoms with E-state index in [1.54, 1.807) is 4.90 Å². The Morgan fingerprint density at radius 3 is 2.65 bits per heavy atom. The number of carboxylic acid groups (broad SMARTS) is 1. The van der Waals surface area contributed by atoms with Gasteiger partial charge in [0.05, 0.1) is 0 Å². The number of carbonyl (C=O) groups is 2. The van der Waals surface area contributed by atoms with Crippen LogP contribution >= 0.6 is 11.6 Å². The second kappa shape index (κ2) is 6.69. The van der Waals surface area contributed by atoms with Crippen LogP contribution in [0.1, 0.15) is 19.8 Å². The number of nitrogens with zero attached hydrogens (tertiary/aromatic N) is 1. The molecule has 0 spiro atoms. The maximum atomic E-state index is 11.5. The van der Waals surface area contributed by atoms with Gasteiger partial charge in [-0.3, -0.25) is 4.79 Å². The molecule has 17 heavy (non-hydrogen) atoms. The van der Waals surface area contributed by atoms with Crippen molar-refractivity contribution in [2.75, 3.05) is 25.5 Å². The molecule has 0 radical (unpaired) electrons. The fourth-order valence-electron chi connectivity index (χ4n) is 2.17. The molecule has 0 aromatic heterocycles. The lowest BCUT2D eigenvalue weighted by Gasteiger charge is -2.20. The zero-order valence-electron chi connectivity index (χ0n) is 9.99. The number of rotatable bonds is 3. The van der Waals surface area contributed by atoms with Crippen molar-refractivity contribution in [1.82, 2.24) is 10.2 Å². The number of alkyl halides is 1. The van der Waals surface area contributed by atoms with Crippen LogP contribution in [-0.2, 0) is 4.79 Å². The van der Waals surface area contributed by atoms with Crippen LogP contribution in [0.5, 0.6) is 0 Å². The highest BCUT2D eigenvalue weighted by atomic mass is 35.5. The van der Waals surface area contributed by atoms with E-state index < -0.39 is 6.09 Å². The van der Waals surface area contributed by atoms with Crippen LogP contribution in [0, 0.1) is 11.8 Å². The van der Waals surface area contributed by atoms with Gasteiger partial charge in [-0.15, -0.1) is 11.6 Å². The van der Waals surface area contributed by atoms with Crippen LogP contribution in [0.15, 0.2) is 0 Å². The minimum atomic E-state index is -0.991. The quantitative estimate of drug-likeness (QED) is 0.755. The summed E-state index contributed by atoms with van der Waals surface area (Å²) in [6.07, 6.45) is 0.730. The summed E-state index contributed by atoms with van der Waals surface area (Å²) in [5.74, 6) is 0.687. The van der Waals surface area contributed by atoms with Gasteiger partial charge in [-0.2, -0.15) is 0 Å². The lowest BCUT2D eigenvalue weighted by atomic mass is 9.90. The second-order valence-corrected chi connectivity index (χ2v) is 4.78. The van der Waals surface area contributed by atoms with Gasteiger partial charge in [0.2, 0.25) is 5.91 Å². The van der Waals surface area contributed by atoms with Crippen LogP contribution < -0.4 is 5.32 Å². The molecule has 1 aliphatic rings. The lowest BCUT2D eigenvalue weighted by molar-refractivity contribution is -0.128. The summed E-state index contributed by atoms with van der Waals surface area (Å²) >= 11 is 5.53. The highest BCUT2D eigenvalue weighted by Crippen LogP contribution is 2.23. The maximum absolute atomic E-state index is 11.5. The zero-order valence-corrected chi connectivity index (χ0v) is 10.7. The van der Waals surface area contributed by atoms with Gasteiger partial charge in [-0.05, 0) is 24.7 Å². The normalized spacial score (nSPS) is 25.2. The second-order valence-electron chi connectivity index (χ2n) is 4.52. The molecule has 0 saturated carbocycles. The molecule has 6 heteroatoms. The molecule has 1 saturated heterocycles. The van der Waals surface area contributed by atoms with Gasteiger partial charge in [0, 0.05) is 19.6 Å². The van der Waals surface area contributed by atoms with Crippen LogP contribution in [0.2, 0.25) is 0 Å². The number of carbonyl (C=O) groups excluding carboxylic acids is 1. The summed E-state index contributed by atoms with van der Waals surface area (Å²) in [5, 5.41) is 11.0. The molecular weight excluding hydrogens is 244 g/mol. The Hall–Kier alpha value is -0.970. The van der Waals surface area contributed by atoms with E-state index in [0.29, 0.717) is 24.9 Å². The van der Waals surface area contributed by atoms with Gasteiger partial charge in [0.1, 0.15) is 5.88 Å². The third-order valence-corrected chi connectivity index (χ3v) is 3.64. The van der Waals surface area contributed by atoms with Gasteiger partial charge >= 0.3 is 6.09 Å². The van der Waals surface area contributed by atoms with E-state index in [9.17, 15) is 9.59 Å². The molecule has 1 fully saturated rings. The lowest BCUT2D eigenvalue weighted by Crippen LogP contribution is -2.33. The van der Waals surface area contributed by atoms with Crippen molar-refractivity contribution < 1.29 is 14.7 Å². The maximum Gasteiger partial charge on any atom is 0.404 e. The molecule has 98 valence electrons. The first kappa shape index (κ1) is 14.1. The van der Waals surface area contributed by atoms with Crippen molar-refractivity contribution in [3.05, 3.63) is 0 Å². The highest BCUT2D eigenvalue weighted by molar-refractivity contribution is 6.27.